The first kappa shape index (κ1) is 25.5. The van der Waals surface area contributed by atoms with Gasteiger partial charge in [0.05, 0.1) is 16.4 Å². The maximum atomic E-state index is 14.7. The molecular weight excluding hydrogens is 489 g/mol. The molecule has 7 nitrogen and oxygen atoms in total. The molecule has 0 aromatic heterocycles. The number of alkyl halides is 3. The molecule has 1 aliphatic rings. The van der Waals surface area contributed by atoms with E-state index in [1.54, 1.807) is 0 Å². The quantitative estimate of drug-likeness (QED) is 0.534. The van der Waals surface area contributed by atoms with E-state index in [9.17, 15) is 37.0 Å². The highest BCUT2D eigenvalue weighted by atomic mass is 35.5. The fraction of sp³-hybridized carbons (Fsp3) is 0.286. The molecule has 0 saturated carbocycles. The highest BCUT2D eigenvalue weighted by molar-refractivity contribution is 6.33. The Balaban J connectivity index is 1.86. The van der Waals surface area contributed by atoms with E-state index in [1.807, 2.05) is 0 Å². The van der Waals surface area contributed by atoms with Crippen LogP contribution >= 0.6 is 11.6 Å². The van der Waals surface area contributed by atoms with Crippen LogP contribution in [0.25, 0.3) is 0 Å². The summed E-state index contributed by atoms with van der Waals surface area (Å²) in [4.78, 5) is 13.5. The van der Waals surface area contributed by atoms with Gasteiger partial charge in [-0.15, -0.1) is 0 Å². The molecule has 184 valence electrons. The lowest BCUT2D eigenvalue weighted by atomic mass is 10.2. The molecule has 1 aliphatic heterocycles. The molecule has 2 aromatic carbocycles. The highest BCUT2D eigenvalue weighted by Gasteiger charge is 2.45. The van der Waals surface area contributed by atoms with E-state index in [-0.39, 0.29) is 16.5 Å². The van der Waals surface area contributed by atoms with Crippen molar-refractivity contribution in [1.29, 1.82) is 0 Å². The van der Waals surface area contributed by atoms with Crippen LogP contribution in [-0.4, -0.2) is 52.9 Å². The first-order valence-corrected chi connectivity index (χ1v) is 10.1. The van der Waals surface area contributed by atoms with Crippen molar-refractivity contribution in [2.24, 2.45) is 0 Å². The largest absolute Gasteiger partial charge is 0.481 e. The Kier molecular flexibility index (Phi) is 7.24. The number of nitrogens with zero attached hydrogens (tertiary/aromatic N) is 2. The van der Waals surface area contributed by atoms with E-state index in [1.165, 1.54) is 25.1 Å². The second-order valence-corrected chi connectivity index (χ2v) is 7.73. The van der Waals surface area contributed by atoms with E-state index in [2.05, 4.69) is 5.32 Å². The number of allylic oxidation sites excluding steroid dienone is 1. The standard InChI is InChI=1S/C21H19ClF5N3O4/c1-10(34-12-5-3-4-11(23)6-12)19(32)28-15-8-16(14(24)7-13(15)22)30-18(31)9-17(21(25,26)27)29(2)20(30)33/h3-10,18,20,31,33H,1-2H3,(H,28,32). The van der Waals surface area contributed by atoms with Gasteiger partial charge in [0.25, 0.3) is 5.91 Å². The lowest BCUT2D eigenvalue weighted by molar-refractivity contribution is -0.133. The van der Waals surface area contributed by atoms with Gasteiger partial charge in [0.1, 0.15) is 23.1 Å². The van der Waals surface area contributed by atoms with Gasteiger partial charge in [0, 0.05) is 13.1 Å². The minimum atomic E-state index is -4.88. The molecule has 3 unspecified atom stereocenters. The summed E-state index contributed by atoms with van der Waals surface area (Å²) in [5, 5.41) is 22.7. The average molecular weight is 508 g/mol. The van der Waals surface area contributed by atoms with Gasteiger partial charge in [0.2, 0.25) is 6.35 Å². The summed E-state index contributed by atoms with van der Waals surface area (Å²) in [7, 11) is 0.908. The molecule has 3 atom stereocenters. The number of halogens is 6. The molecule has 1 heterocycles. The monoisotopic (exact) mass is 507 g/mol. The van der Waals surface area contributed by atoms with Crippen molar-refractivity contribution in [3.8, 4) is 5.75 Å². The second kappa shape index (κ2) is 9.65. The van der Waals surface area contributed by atoms with Gasteiger partial charge in [-0.05, 0) is 37.3 Å². The van der Waals surface area contributed by atoms with Gasteiger partial charge in [-0.2, -0.15) is 13.2 Å². The summed E-state index contributed by atoms with van der Waals surface area (Å²) in [6.07, 6.45) is -9.80. The summed E-state index contributed by atoms with van der Waals surface area (Å²) in [6, 6.07) is 6.75. The zero-order valence-corrected chi connectivity index (χ0v) is 18.4. The lowest BCUT2D eigenvalue weighted by Gasteiger charge is -2.43. The number of carbonyl (C=O) groups excluding carboxylic acids is 1. The number of carbonyl (C=O) groups is 1. The fourth-order valence-corrected chi connectivity index (χ4v) is 3.41. The molecule has 3 N–H and O–H groups in total. The number of nitrogens with one attached hydrogen (secondary N) is 1. The predicted octanol–water partition coefficient (Wildman–Crippen LogP) is 3.82. The number of aliphatic hydroxyl groups excluding tert-OH is 2. The van der Waals surface area contributed by atoms with Crippen molar-refractivity contribution in [2.75, 3.05) is 17.3 Å². The topological polar surface area (TPSA) is 85.3 Å². The van der Waals surface area contributed by atoms with E-state index < -0.39 is 53.8 Å². The van der Waals surface area contributed by atoms with E-state index in [0.717, 1.165) is 25.2 Å². The number of benzene rings is 2. The van der Waals surface area contributed by atoms with Crippen LogP contribution in [0, 0.1) is 11.6 Å². The first-order valence-electron chi connectivity index (χ1n) is 9.68. The molecule has 0 spiro atoms. The Morgan fingerprint density at radius 3 is 2.50 bits per heavy atom. The van der Waals surface area contributed by atoms with Gasteiger partial charge in [0.15, 0.2) is 12.3 Å². The van der Waals surface area contributed by atoms with Crippen molar-refractivity contribution in [3.63, 3.8) is 0 Å². The van der Waals surface area contributed by atoms with Gasteiger partial charge in [-0.1, -0.05) is 17.7 Å². The average Bonchev–Trinajstić information content (AvgIpc) is 2.72. The van der Waals surface area contributed by atoms with Crippen LogP contribution < -0.4 is 15.0 Å². The highest BCUT2D eigenvalue weighted by Crippen LogP contribution is 2.38. The Labute approximate surface area is 195 Å². The number of rotatable bonds is 5. The number of aliphatic hydroxyl groups is 2. The Morgan fingerprint density at radius 1 is 1.21 bits per heavy atom. The van der Waals surface area contributed by atoms with Crippen LogP contribution in [-0.2, 0) is 4.79 Å². The zero-order valence-electron chi connectivity index (χ0n) is 17.6. The first-order chi connectivity index (χ1) is 15.8. The summed E-state index contributed by atoms with van der Waals surface area (Å²) >= 11 is 5.99. The number of ether oxygens (including phenoxy) is 1. The molecule has 0 fully saturated rings. The van der Waals surface area contributed by atoms with Crippen LogP contribution in [0.5, 0.6) is 5.75 Å². The van der Waals surface area contributed by atoms with Crippen molar-refractivity contribution in [3.05, 3.63) is 64.8 Å². The smallest absolute Gasteiger partial charge is 0.431 e. The Hall–Kier alpha value is -3.09. The molecular formula is C21H19ClF5N3O4. The van der Waals surface area contributed by atoms with E-state index in [4.69, 9.17) is 16.3 Å². The third-order valence-electron chi connectivity index (χ3n) is 4.91. The Bertz CT molecular complexity index is 1110. The van der Waals surface area contributed by atoms with Crippen LogP contribution in [0.2, 0.25) is 5.02 Å². The molecule has 0 saturated heterocycles. The normalized spacial score (nSPS) is 19.5. The van der Waals surface area contributed by atoms with Crippen LogP contribution in [0.4, 0.5) is 33.3 Å². The maximum absolute atomic E-state index is 14.7. The Morgan fingerprint density at radius 2 is 1.88 bits per heavy atom. The van der Waals surface area contributed by atoms with Crippen LogP contribution in [0.3, 0.4) is 0 Å². The summed E-state index contributed by atoms with van der Waals surface area (Å²) < 4.78 is 72.7. The van der Waals surface area contributed by atoms with Crippen LogP contribution in [0.1, 0.15) is 6.92 Å². The number of hydrogen-bond acceptors (Lipinski definition) is 6. The fourth-order valence-electron chi connectivity index (χ4n) is 3.21. The number of anilines is 2. The zero-order chi connectivity index (χ0) is 25.4. The third kappa shape index (κ3) is 5.34. The van der Waals surface area contributed by atoms with Crippen molar-refractivity contribution < 1.29 is 41.7 Å². The predicted molar refractivity (Wildman–Crippen MR) is 113 cm³/mol. The molecule has 34 heavy (non-hydrogen) atoms. The summed E-state index contributed by atoms with van der Waals surface area (Å²) in [6.45, 7) is 1.36. The molecule has 3 rings (SSSR count). The molecule has 0 bridgehead atoms. The number of amides is 1. The van der Waals surface area contributed by atoms with Gasteiger partial charge in [-0.3, -0.25) is 9.69 Å². The molecule has 13 heteroatoms. The van der Waals surface area contributed by atoms with Gasteiger partial charge >= 0.3 is 6.18 Å². The molecule has 1 amide bonds. The minimum Gasteiger partial charge on any atom is -0.481 e. The van der Waals surface area contributed by atoms with Crippen molar-refractivity contribution >= 4 is 28.9 Å². The van der Waals surface area contributed by atoms with Gasteiger partial charge < -0.3 is 25.2 Å². The third-order valence-corrected chi connectivity index (χ3v) is 5.22. The van der Waals surface area contributed by atoms with Gasteiger partial charge in [-0.25, -0.2) is 8.78 Å². The maximum Gasteiger partial charge on any atom is 0.431 e. The van der Waals surface area contributed by atoms with E-state index in [0.29, 0.717) is 15.9 Å². The summed E-state index contributed by atoms with van der Waals surface area (Å²) in [5.41, 5.74) is -2.04. The van der Waals surface area contributed by atoms with E-state index >= 15 is 0 Å². The number of hydrogen-bond donors (Lipinski definition) is 3. The minimum absolute atomic E-state index is 0.0726. The van der Waals surface area contributed by atoms with Crippen molar-refractivity contribution in [2.45, 2.75) is 31.8 Å². The second-order valence-electron chi connectivity index (χ2n) is 7.32. The summed E-state index contributed by atoms with van der Waals surface area (Å²) in [5.74, 6) is -2.35. The SMILES string of the molecule is CC(Oc1cccc(F)c1)C(=O)Nc1cc(N2C(O)C=C(C(F)(F)F)N(C)C2O)c(F)cc1Cl. The lowest BCUT2D eigenvalue weighted by Crippen LogP contribution is -2.56. The van der Waals surface area contributed by atoms with Crippen molar-refractivity contribution in [1.82, 2.24) is 4.90 Å². The molecule has 0 aliphatic carbocycles. The molecule has 0 radical (unpaired) electrons. The van der Waals surface area contributed by atoms with Crippen LogP contribution in [0.15, 0.2) is 48.2 Å². The molecule has 2 aromatic rings.